The van der Waals surface area contributed by atoms with Crippen molar-refractivity contribution in [2.45, 2.75) is 13.2 Å². The maximum Gasteiger partial charge on any atom is 0.294 e. The van der Waals surface area contributed by atoms with Crippen LogP contribution in [0.25, 0.3) is 11.0 Å². The molecule has 0 fully saturated rings. The predicted octanol–water partition coefficient (Wildman–Crippen LogP) is 3.87. The Hall–Kier alpha value is -2.26. The lowest BCUT2D eigenvalue weighted by Crippen LogP contribution is -2.36. The zero-order chi connectivity index (χ0) is 14.7. The van der Waals surface area contributed by atoms with Crippen LogP contribution in [0.15, 0.2) is 61.2 Å². The summed E-state index contributed by atoms with van der Waals surface area (Å²) in [5.74, 6) is 1.80. The van der Waals surface area contributed by atoms with Gasteiger partial charge in [-0.1, -0.05) is 36.4 Å². The molecule has 0 bridgehead atoms. The number of nitrogens with one attached hydrogen (secondary N) is 1. The average molecular weight is 300 g/mol. The van der Waals surface area contributed by atoms with E-state index in [0.29, 0.717) is 11.6 Å². The van der Waals surface area contributed by atoms with Crippen molar-refractivity contribution in [1.29, 1.82) is 0 Å². The molecular formula is C17H16ClN2O+. The first kappa shape index (κ1) is 13.7. The smallest absolute Gasteiger partial charge is 0.294 e. The van der Waals surface area contributed by atoms with E-state index in [0.717, 1.165) is 29.2 Å². The monoisotopic (exact) mass is 299 g/mol. The summed E-state index contributed by atoms with van der Waals surface area (Å²) in [4.78, 5) is 3.39. The standard InChI is InChI=1S/C17H15ClN2O/c1-2-11-20-16-6-4-3-5-15(16)19-17(20)12-21-14-9-7-13(18)8-10-14/h2-10H,1,11-12H2/p+1. The highest BCUT2D eigenvalue weighted by Crippen LogP contribution is 2.17. The third-order valence-corrected chi connectivity index (χ3v) is 3.55. The Kier molecular flexibility index (Phi) is 3.93. The second kappa shape index (κ2) is 6.02. The van der Waals surface area contributed by atoms with Crippen LogP contribution in [0.2, 0.25) is 5.02 Å². The topological polar surface area (TPSA) is 28.9 Å². The summed E-state index contributed by atoms with van der Waals surface area (Å²) in [6.07, 6.45) is 1.88. The molecule has 1 aromatic heterocycles. The predicted molar refractivity (Wildman–Crippen MR) is 84.5 cm³/mol. The van der Waals surface area contributed by atoms with Crippen LogP contribution in [0.1, 0.15) is 5.82 Å². The summed E-state index contributed by atoms with van der Waals surface area (Å²) in [5, 5.41) is 0.703. The van der Waals surface area contributed by atoms with E-state index < -0.39 is 0 Å². The molecule has 106 valence electrons. The van der Waals surface area contributed by atoms with E-state index in [-0.39, 0.29) is 0 Å². The van der Waals surface area contributed by atoms with Crippen molar-refractivity contribution in [3.05, 3.63) is 72.0 Å². The number of imidazole rings is 1. The van der Waals surface area contributed by atoms with Crippen molar-refractivity contribution in [2.75, 3.05) is 0 Å². The highest BCUT2D eigenvalue weighted by molar-refractivity contribution is 6.30. The van der Waals surface area contributed by atoms with Crippen LogP contribution < -0.4 is 9.30 Å². The number of hydrogen-bond acceptors (Lipinski definition) is 1. The second-order valence-electron chi connectivity index (χ2n) is 4.73. The summed E-state index contributed by atoms with van der Waals surface area (Å²) < 4.78 is 7.98. The van der Waals surface area contributed by atoms with Crippen LogP contribution in [0.4, 0.5) is 0 Å². The van der Waals surface area contributed by atoms with Crippen LogP contribution in [-0.2, 0) is 13.2 Å². The average Bonchev–Trinajstić information content (AvgIpc) is 2.85. The molecule has 0 unspecified atom stereocenters. The van der Waals surface area contributed by atoms with E-state index >= 15 is 0 Å². The number of rotatable bonds is 5. The van der Waals surface area contributed by atoms with Gasteiger partial charge in [0.1, 0.15) is 12.3 Å². The van der Waals surface area contributed by atoms with Gasteiger partial charge in [-0.2, -0.15) is 0 Å². The van der Waals surface area contributed by atoms with Crippen molar-refractivity contribution in [3.63, 3.8) is 0 Å². The maximum absolute atomic E-state index is 5.87. The van der Waals surface area contributed by atoms with Gasteiger partial charge >= 0.3 is 0 Å². The molecule has 21 heavy (non-hydrogen) atoms. The molecule has 0 aliphatic rings. The molecular weight excluding hydrogens is 284 g/mol. The molecule has 3 aromatic rings. The normalized spacial score (nSPS) is 10.7. The van der Waals surface area contributed by atoms with Gasteiger partial charge in [0.25, 0.3) is 5.82 Å². The molecule has 1 heterocycles. The van der Waals surface area contributed by atoms with Gasteiger partial charge < -0.3 is 4.74 Å². The minimum absolute atomic E-state index is 0.462. The molecule has 3 nitrogen and oxygen atoms in total. The second-order valence-corrected chi connectivity index (χ2v) is 5.17. The Morgan fingerprint density at radius 2 is 1.90 bits per heavy atom. The van der Waals surface area contributed by atoms with E-state index in [1.807, 2.05) is 42.5 Å². The molecule has 4 heteroatoms. The lowest BCUT2D eigenvalue weighted by molar-refractivity contribution is -0.670. The zero-order valence-corrected chi connectivity index (χ0v) is 12.3. The number of aromatic nitrogens is 2. The minimum Gasteiger partial charge on any atom is -0.481 e. The molecule has 3 rings (SSSR count). The van der Waals surface area contributed by atoms with Gasteiger partial charge in [-0.3, -0.25) is 0 Å². The van der Waals surface area contributed by atoms with Crippen LogP contribution in [-0.4, -0.2) is 4.98 Å². The maximum atomic E-state index is 5.87. The summed E-state index contributed by atoms with van der Waals surface area (Å²) in [7, 11) is 0. The van der Waals surface area contributed by atoms with Crippen molar-refractivity contribution in [2.24, 2.45) is 0 Å². The molecule has 0 spiro atoms. The molecule has 0 aliphatic carbocycles. The summed E-state index contributed by atoms with van der Waals surface area (Å²) >= 11 is 5.87. The van der Waals surface area contributed by atoms with E-state index in [9.17, 15) is 0 Å². The van der Waals surface area contributed by atoms with Crippen molar-refractivity contribution in [1.82, 2.24) is 4.98 Å². The summed E-state index contributed by atoms with van der Waals surface area (Å²) in [6, 6.07) is 15.5. The van der Waals surface area contributed by atoms with Gasteiger partial charge in [0.2, 0.25) is 0 Å². The number of hydrogen-bond donors (Lipinski definition) is 1. The van der Waals surface area contributed by atoms with Crippen molar-refractivity contribution in [3.8, 4) is 5.75 Å². The van der Waals surface area contributed by atoms with Crippen molar-refractivity contribution < 1.29 is 9.30 Å². The largest absolute Gasteiger partial charge is 0.481 e. The highest BCUT2D eigenvalue weighted by atomic mass is 35.5. The van der Waals surface area contributed by atoms with Gasteiger partial charge in [0.15, 0.2) is 17.6 Å². The van der Waals surface area contributed by atoms with E-state index in [4.69, 9.17) is 16.3 Å². The first-order valence-electron chi connectivity index (χ1n) is 6.76. The summed E-state index contributed by atoms with van der Waals surface area (Å²) in [6.45, 7) is 5.02. The van der Waals surface area contributed by atoms with Crippen LogP contribution >= 0.6 is 11.6 Å². The molecule has 0 saturated heterocycles. The quantitative estimate of drug-likeness (QED) is 0.562. The molecule has 1 N–H and O–H groups in total. The Bertz CT molecular complexity index is 762. The lowest BCUT2D eigenvalue weighted by Gasteiger charge is -2.04. The fraction of sp³-hybridized carbons (Fsp3) is 0.118. The number of H-pyrrole nitrogens is 1. The Labute approximate surface area is 128 Å². The lowest BCUT2D eigenvalue weighted by atomic mass is 10.3. The zero-order valence-electron chi connectivity index (χ0n) is 11.6. The number of nitrogens with zero attached hydrogens (tertiary/aromatic N) is 1. The van der Waals surface area contributed by atoms with Gasteiger partial charge in [0.05, 0.1) is 0 Å². The highest BCUT2D eigenvalue weighted by Gasteiger charge is 2.17. The minimum atomic E-state index is 0.462. The number of benzene rings is 2. The molecule has 0 atom stereocenters. The number of ether oxygens (including phenoxy) is 1. The van der Waals surface area contributed by atoms with Crippen molar-refractivity contribution >= 4 is 22.6 Å². The molecule has 0 saturated carbocycles. The SMILES string of the molecule is C=CC[n+]1c(COc2ccc(Cl)cc2)[nH]c2ccccc21. The van der Waals surface area contributed by atoms with Crippen LogP contribution in [0.3, 0.4) is 0 Å². The van der Waals surface area contributed by atoms with Gasteiger partial charge in [-0.15, -0.1) is 0 Å². The molecule has 0 amide bonds. The number of fused-ring (bicyclic) bond motifs is 1. The third-order valence-electron chi connectivity index (χ3n) is 3.30. The molecule has 2 aromatic carbocycles. The van der Waals surface area contributed by atoms with Gasteiger partial charge in [0, 0.05) is 5.02 Å². The molecule has 0 aliphatic heterocycles. The third kappa shape index (κ3) is 2.93. The van der Waals surface area contributed by atoms with Gasteiger partial charge in [-0.25, -0.2) is 9.55 Å². The summed E-state index contributed by atoms with van der Waals surface area (Å²) in [5.41, 5.74) is 2.24. The Morgan fingerprint density at radius 1 is 1.14 bits per heavy atom. The first-order chi connectivity index (χ1) is 10.3. The van der Waals surface area contributed by atoms with E-state index in [2.05, 4.69) is 28.3 Å². The van der Waals surface area contributed by atoms with E-state index in [1.165, 1.54) is 0 Å². The fourth-order valence-electron chi connectivity index (χ4n) is 2.32. The number of allylic oxidation sites excluding steroid dienone is 1. The van der Waals surface area contributed by atoms with E-state index in [1.54, 1.807) is 0 Å². The van der Waals surface area contributed by atoms with Crippen LogP contribution in [0.5, 0.6) is 5.75 Å². The number of halogens is 1. The fourth-order valence-corrected chi connectivity index (χ4v) is 2.44. The number of para-hydroxylation sites is 2. The van der Waals surface area contributed by atoms with Gasteiger partial charge in [-0.05, 0) is 36.4 Å². The molecule has 0 radical (unpaired) electrons. The Balaban J connectivity index is 1.87. The van der Waals surface area contributed by atoms with Crippen LogP contribution in [0, 0.1) is 0 Å². The first-order valence-corrected chi connectivity index (χ1v) is 7.14. The number of aromatic amines is 1. The Morgan fingerprint density at radius 3 is 2.67 bits per heavy atom.